The Labute approximate surface area is 678 Å². The van der Waals surface area contributed by atoms with Gasteiger partial charge < -0.3 is 71.9 Å². The molecule has 4 aromatic rings. The summed E-state index contributed by atoms with van der Waals surface area (Å²) >= 11 is 0. The first kappa shape index (κ1) is 92.7. The number of aliphatic hydroxyl groups excluding tert-OH is 1. The van der Waals surface area contributed by atoms with E-state index in [1.54, 1.807) is 103 Å². The molecule has 1 N–H and O–H groups in total. The summed E-state index contributed by atoms with van der Waals surface area (Å²) in [6, 6.07) is 17.1. The van der Waals surface area contributed by atoms with Crippen LogP contribution in [-0.2, 0) is 87.4 Å². The summed E-state index contributed by atoms with van der Waals surface area (Å²) in [6.07, 6.45) is -0.751. The van der Waals surface area contributed by atoms with E-state index in [4.69, 9.17) is 52.1 Å². The summed E-state index contributed by atoms with van der Waals surface area (Å²) < 4.78 is 70.4. The summed E-state index contributed by atoms with van der Waals surface area (Å²) in [4.78, 5) is 143. The van der Waals surface area contributed by atoms with Crippen molar-refractivity contribution in [3.05, 3.63) is 108 Å². The number of Topliss-reactive ketones (excluding diaryl/α,β-unsaturated/α-hetero) is 4. The number of carbonyl (C=O) groups is 9. The fourth-order valence-corrected chi connectivity index (χ4v) is 17.9. The van der Waals surface area contributed by atoms with Gasteiger partial charge in [0.15, 0.2) is 47.2 Å². The van der Waals surface area contributed by atoms with Gasteiger partial charge in [0.25, 0.3) is 0 Å². The molecule has 4 fully saturated rings. The third-order valence-electron chi connectivity index (χ3n) is 24.7. The summed E-state index contributed by atoms with van der Waals surface area (Å²) in [6.45, 7) is 29.2. The average molecular weight is 1610 g/mol. The van der Waals surface area contributed by atoms with Gasteiger partial charge in [-0.25, -0.2) is 23.9 Å². The van der Waals surface area contributed by atoms with Crippen molar-refractivity contribution in [3.8, 4) is 0 Å². The van der Waals surface area contributed by atoms with E-state index in [2.05, 4.69) is 14.9 Å². The van der Waals surface area contributed by atoms with Crippen LogP contribution < -0.4 is 0 Å². The fraction of sp³-hybridized carbons (Fsp3) is 0.667. The topological polar surface area (TPSA) is 319 Å². The summed E-state index contributed by atoms with van der Waals surface area (Å²) in [5.74, 6) is -10.2. The number of aliphatic hydroxyl groups is 1. The maximum absolute atomic E-state index is 14.9. The largest absolute Gasteiger partial charge is 0.457 e. The number of likely N-dealkylation sites (N-methyl/N-ethyl adjacent to an activating group) is 3. The number of aromatic nitrogens is 3. The van der Waals surface area contributed by atoms with Crippen LogP contribution in [0.4, 0.5) is 9.59 Å². The van der Waals surface area contributed by atoms with Crippen LogP contribution in [0.5, 0.6) is 0 Å². The maximum Gasteiger partial charge on any atom is 0.420 e. The van der Waals surface area contributed by atoms with Crippen LogP contribution in [0.15, 0.2) is 97.2 Å². The van der Waals surface area contributed by atoms with Crippen LogP contribution in [0.25, 0.3) is 10.9 Å². The van der Waals surface area contributed by atoms with Crippen LogP contribution in [-0.4, -0.2) is 257 Å². The van der Waals surface area contributed by atoms with Crippen molar-refractivity contribution in [1.29, 1.82) is 0 Å². The number of ketones is 4. The number of hydrogen-bond acceptors (Lipinski definition) is 26. The highest BCUT2D eigenvalue weighted by Gasteiger charge is 2.63. The van der Waals surface area contributed by atoms with Gasteiger partial charge in [-0.3, -0.25) is 38.7 Å². The predicted molar refractivity (Wildman–Crippen MR) is 428 cm³/mol. The Hall–Kier alpha value is -7.77. The number of allylic oxidation sites excluding steroid dienone is 1. The maximum atomic E-state index is 14.9. The lowest BCUT2D eigenvalue weighted by Gasteiger charge is -2.47. The van der Waals surface area contributed by atoms with Crippen molar-refractivity contribution in [2.75, 3.05) is 62.5 Å². The highest BCUT2D eigenvalue weighted by molar-refractivity contribution is 6.01. The lowest BCUT2D eigenvalue weighted by atomic mass is 9.72. The lowest BCUT2D eigenvalue weighted by molar-refractivity contribution is -0.295. The van der Waals surface area contributed by atoms with Crippen LogP contribution in [0.1, 0.15) is 178 Å². The van der Waals surface area contributed by atoms with Crippen molar-refractivity contribution in [3.63, 3.8) is 0 Å². The molecule has 7 heterocycles. The second-order valence-electron chi connectivity index (χ2n) is 33.3. The van der Waals surface area contributed by atoms with Crippen molar-refractivity contribution in [2.24, 2.45) is 41.4 Å². The Morgan fingerprint density at radius 1 is 0.652 bits per heavy atom. The number of nitrogens with zero attached hydrogens (tertiary/aromatic N) is 7. The zero-order valence-corrected chi connectivity index (χ0v) is 71.7. The smallest absolute Gasteiger partial charge is 0.420 e. The number of cyclic esters (lactones) is 2. The minimum atomic E-state index is -1.57. The molecule has 4 saturated heterocycles. The molecular weight excluding hydrogens is 1480 g/mol. The van der Waals surface area contributed by atoms with Gasteiger partial charge in [-0.2, -0.15) is 0 Å². The van der Waals surface area contributed by atoms with Gasteiger partial charge in [0.2, 0.25) is 0 Å². The SMILES string of the molecule is CC[C@H]1OC(=O)[C@H](C)C(=O)[C@H](C)[C@@H](OC2O[C@H](C)C[C@H](N(C)C)[C@H]2O)[C@@](C)(OC)C[C@@H](C)C(=O)[C@H](C)[C@H]2N(CCN(C)Cc3ccnc4ccccc34)C(=O)O[C@]12CC.CC[C@H]1OC(=O)[C@H](C)C(=O)[C@H](C)[C@@H](OC2O[C@H](C)C[C@H](N(C)C)[C@H]2OC(=O)c2ccccc2)[C@@](C)(OC)C[C@@H](C)C(=O)/C(C)=C/[C@]1(CC)OC(=O)n1ccnc1. The van der Waals surface area contributed by atoms with Gasteiger partial charge in [-0.05, 0) is 177 Å². The third-order valence-corrected chi connectivity index (χ3v) is 24.7. The Balaban J connectivity index is 0.000000288. The molecule has 115 heavy (non-hydrogen) atoms. The van der Waals surface area contributed by atoms with E-state index in [-0.39, 0.29) is 86.5 Å². The number of rotatable bonds is 20. The van der Waals surface area contributed by atoms with E-state index in [0.29, 0.717) is 31.5 Å². The summed E-state index contributed by atoms with van der Waals surface area (Å²) in [5, 5.41) is 12.5. The predicted octanol–water partition coefficient (Wildman–Crippen LogP) is 11.1. The molecule has 24 atom stereocenters. The van der Waals surface area contributed by atoms with Crippen molar-refractivity contribution in [1.82, 2.24) is 34.1 Å². The standard InChI is InChI=1S/C45H68N4O10.C42H59N3O11/c1-13-35-45(14-2)39(49(43(54)59-45)22-21-48(11)25-31-19-20-46-33-18-16-15-17-32(31)33)28(5)36(50)26(3)24-44(8,55-12)40(29(6)37(51)30(7)41(53)57-35)58-42-38(52)34(47(9)10)23-27(4)56-42;1-12-32-42(13-2,56-40(50)45-20-19-43-24-45)23-26(4)33(46)25(3)22-41(8,51-11)36(28(6)34(47)29(7)37(48)53-32)55-39-35(31(44(9)10)21-27(5)52-39)54-38(49)30-17-15-14-16-18-30/h15-20,26-30,34-35,38-40,42,52H,13-14,21-25H2,1-12H3;14-20,23-25,27-29,31-32,35-36,39H,12-13,21-22H2,1-11H3/b;26-23+/t26-,27-,28+,29+,30-,34+,35-,38-,39-,40-,42?,44+,45-;25-,27-,28+,29-,31+,32-,35-,36-,39?,41+,42+/m11/s1. The Morgan fingerprint density at radius 2 is 1.20 bits per heavy atom. The molecule has 2 aromatic carbocycles. The Morgan fingerprint density at radius 3 is 1.75 bits per heavy atom. The zero-order valence-electron chi connectivity index (χ0n) is 71.7. The number of amides is 1. The van der Waals surface area contributed by atoms with Crippen LogP contribution in [0, 0.1) is 41.4 Å². The van der Waals surface area contributed by atoms with Crippen molar-refractivity contribution in [2.45, 2.75) is 271 Å². The number of hydrogen-bond donors (Lipinski definition) is 1. The van der Waals surface area contributed by atoms with Gasteiger partial charge in [0.1, 0.15) is 42.3 Å². The molecule has 1 amide bonds. The quantitative estimate of drug-likeness (QED) is 0.0488. The third kappa shape index (κ3) is 20.7. The molecule has 0 aliphatic carbocycles. The van der Waals surface area contributed by atoms with E-state index < -0.39 is 161 Å². The number of para-hydroxylation sites is 1. The molecule has 5 aliphatic heterocycles. The van der Waals surface area contributed by atoms with Gasteiger partial charge in [-0.15, -0.1) is 0 Å². The monoisotopic (exact) mass is 1610 g/mol. The summed E-state index contributed by atoms with van der Waals surface area (Å²) in [7, 11) is 12.5. The van der Waals surface area contributed by atoms with Crippen molar-refractivity contribution >= 4 is 64.1 Å². The molecule has 2 aromatic heterocycles. The number of imidazole rings is 1. The second-order valence-corrected chi connectivity index (χ2v) is 33.3. The van der Waals surface area contributed by atoms with E-state index in [0.717, 1.165) is 21.0 Å². The molecular formula is C87H127N7O21. The number of ether oxygens (including phenoxy) is 11. The first-order chi connectivity index (χ1) is 54.2. The van der Waals surface area contributed by atoms with Crippen molar-refractivity contribution < 1.29 is 100 Å². The number of esters is 3. The fourth-order valence-electron chi connectivity index (χ4n) is 17.9. The van der Waals surface area contributed by atoms with Crippen LogP contribution in [0.2, 0.25) is 0 Å². The van der Waals surface area contributed by atoms with Gasteiger partial charge in [0, 0.05) is 93.5 Å². The van der Waals surface area contributed by atoms with Gasteiger partial charge in [-0.1, -0.05) is 98.7 Å². The first-order valence-corrected chi connectivity index (χ1v) is 40.7. The number of benzene rings is 2. The molecule has 9 rings (SSSR count). The van der Waals surface area contributed by atoms with E-state index in [9.17, 15) is 48.3 Å². The highest BCUT2D eigenvalue weighted by Crippen LogP contribution is 2.46. The molecule has 0 radical (unpaired) electrons. The lowest BCUT2D eigenvalue weighted by Crippen LogP contribution is -2.61. The van der Waals surface area contributed by atoms with Gasteiger partial charge >= 0.3 is 30.1 Å². The minimum Gasteiger partial charge on any atom is -0.457 e. The zero-order chi connectivity index (χ0) is 85.1. The number of pyridine rings is 1. The minimum absolute atomic E-state index is 0.0770. The molecule has 0 spiro atoms. The molecule has 0 bridgehead atoms. The highest BCUT2D eigenvalue weighted by atomic mass is 16.7. The first-order valence-electron chi connectivity index (χ1n) is 40.7. The molecule has 0 saturated carbocycles. The Kier molecular flexibility index (Phi) is 32.0. The van der Waals surface area contributed by atoms with Gasteiger partial charge in [0.05, 0.1) is 58.8 Å². The molecule has 28 heteroatoms. The Bertz CT molecular complexity index is 4030. The van der Waals surface area contributed by atoms with E-state index in [1.165, 1.54) is 46.8 Å². The van der Waals surface area contributed by atoms with E-state index in [1.807, 2.05) is 117 Å². The van der Waals surface area contributed by atoms with Crippen LogP contribution >= 0.6 is 0 Å². The van der Waals surface area contributed by atoms with Crippen LogP contribution in [0.3, 0.4) is 0 Å². The average Bonchev–Trinajstić information content (AvgIpc) is 1.61. The molecule has 2 unspecified atom stereocenters. The normalized spacial score (nSPS) is 35.5. The van der Waals surface area contributed by atoms with E-state index >= 15 is 0 Å². The summed E-state index contributed by atoms with van der Waals surface area (Å²) in [5.41, 5.74) is -2.92. The number of fused-ring (bicyclic) bond motifs is 2. The molecule has 5 aliphatic rings. The second kappa shape index (κ2) is 39.7. The number of carbonyl (C=O) groups excluding carboxylic acids is 9. The molecule has 636 valence electrons. The molecule has 28 nitrogen and oxygen atoms in total. The number of methoxy groups -OCH3 is 2.